The van der Waals surface area contributed by atoms with Crippen LogP contribution in [0.3, 0.4) is 0 Å². The minimum Gasteiger partial charge on any atom is -0.389 e. The normalized spacial score (nSPS) is 30.9. The van der Waals surface area contributed by atoms with Crippen molar-refractivity contribution in [3.8, 4) is 0 Å². The fraction of sp³-hybridized carbons (Fsp3) is 0.600. The molecule has 0 radical (unpaired) electrons. The molecule has 2 aliphatic rings. The molecule has 2 heterocycles. The van der Waals surface area contributed by atoms with Gasteiger partial charge in [-0.15, -0.1) is 0 Å². The molecule has 0 aromatic heterocycles. The molecule has 3 rings (SSSR count). The molecule has 2 atom stereocenters. The second-order valence-electron chi connectivity index (χ2n) is 5.85. The van der Waals surface area contributed by atoms with Crippen molar-refractivity contribution in [3.63, 3.8) is 0 Å². The molecule has 1 aromatic carbocycles. The van der Waals surface area contributed by atoms with Gasteiger partial charge in [0.2, 0.25) is 10.0 Å². The number of rotatable bonds is 2. The summed E-state index contributed by atoms with van der Waals surface area (Å²) >= 11 is 0. The van der Waals surface area contributed by atoms with Crippen LogP contribution in [0.1, 0.15) is 31.2 Å². The number of nitrogens with zero attached hydrogens (tertiary/aromatic N) is 1. The summed E-state index contributed by atoms with van der Waals surface area (Å²) in [5.74, 6) is 0. The van der Waals surface area contributed by atoms with Gasteiger partial charge in [-0.1, -0.05) is 17.7 Å². The van der Waals surface area contributed by atoms with Crippen LogP contribution >= 0.6 is 0 Å². The molecule has 1 N–H and O–H groups in total. The Morgan fingerprint density at radius 1 is 1.29 bits per heavy atom. The van der Waals surface area contributed by atoms with Crippen molar-refractivity contribution in [3.05, 3.63) is 29.8 Å². The smallest absolute Gasteiger partial charge is 0.245 e. The summed E-state index contributed by atoms with van der Waals surface area (Å²) in [5, 5.41) is 10.3. The topological polar surface area (TPSA) is 66.8 Å². The number of sulfonamides is 1. The van der Waals surface area contributed by atoms with Crippen LogP contribution < -0.4 is 0 Å². The van der Waals surface area contributed by atoms with E-state index in [9.17, 15) is 13.5 Å². The van der Waals surface area contributed by atoms with Crippen LogP contribution in [0, 0.1) is 6.92 Å². The Morgan fingerprint density at radius 3 is 2.62 bits per heavy atom. The Morgan fingerprint density at radius 2 is 2.00 bits per heavy atom. The Kier molecular flexibility index (Phi) is 3.81. The van der Waals surface area contributed by atoms with Crippen LogP contribution in [-0.4, -0.2) is 42.8 Å². The molecule has 0 saturated carbocycles. The van der Waals surface area contributed by atoms with Crippen molar-refractivity contribution in [1.29, 1.82) is 0 Å². The maximum absolute atomic E-state index is 12.9. The molecule has 0 aliphatic carbocycles. The molecule has 0 amide bonds. The molecule has 21 heavy (non-hydrogen) atoms. The summed E-state index contributed by atoms with van der Waals surface area (Å²) < 4.78 is 32.9. The van der Waals surface area contributed by atoms with E-state index in [1.54, 1.807) is 24.3 Å². The largest absolute Gasteiger partial charge is 0.389 e. The standard InChI is InChI=1S/C15H21NO4S/c1-12-4-6-13(7-5-12)21(18,19)16-10-8-14(17)15(16)9-2-3-11-20-15/h4-7,14,17H,2-3,8-11H2,1H3/t14-,15-/m0/s1. The van der Waals surface area contributed by atoms with Crippen LogP contribution in [0.5, 0.6) is 0 Å². The first kappa shape index (κ1) is 15.0. The minimum atomic E-state index is -3.65. The van der Waals surface area contributed by atoms with Crippen molar-refractivity contribution in [1.82, 2.24) is 4.31 Å². The lowest BCUT2D eigenvalue weighted by atomic mass is 9.98. The van der Waals surface area contributed by atoms with Gasteiger partial charge >= 0.3 is 0 Å². The molecule has 0 bridgehead atoms. The molecule has 2 fully saturated rings. The molecule has 1 aromatic rings. The zero-order chi connectivity index (χ0) is 15.1. The maximum atomic E-state index is 12.9. The number of benzene rings is 1. The molecular weight excluding hydrogens is 290 g/mol. The van der Waals surface area contributed by atoms with E-state index in [0.717, 1.165) is 18.4 Å². The third kappa shape index (κ3) is 2.40. The summed E-state index contributed by atoms with van der Waals surface area (Å²) in [7, 11) is -3.65. The van der Waals surface area contributed by atoms with Crippen LogP contribution in [0.25, 0.3) is 0 Å². The van der Waals surface area contributed by atoms with Gasteiger partial charge in [-0.3, -0.25) is 0 Å². The predicted molar refractivity (Wildman–Crippen MR) is 78.2 cm³/mol. The van der Waals surface area contributed by atoms with E-state index in [2.05, 4.69) is 0 Å². The Balaban J connectivity index is 1.99. The van der Waals surface area contributed by atoms with Gasteiger partial charge in [-0.2, -0.15) is 4.31 Å². The SMILES string of the molecule is Cc1ccc(S(=O)(=O)N2CC[C@H](O)[C@@]23CCCCO3)cc1. The highest BCUT2D eigenvalue weighted by atomic mass is 32.2. The molecule has 2 saturated heterocycles. The highest BCUT2D eigenvalue weighted by Gasteiger charge is 2.55. The van der Waals surface area contributed by atoms with E-state index in [-0.39, 0.29) is 4.90 Å². The average Bonchev–Trinajstić information content (AvgIpc) is 2.78. The van der Waals surface area contributed by atoms with Crippen molar-refractivity contribution < 1.29 is 18.3 Å². The van der Waals surface area contributed by atoms with Crippen molar-refractivity contribution >= 4 is 10.0 Å². The van der Waals surface area contributed by atoms with Gasteiger partial charge in [0.1, 0.15) is 0 Å². The maximum Gasteiger partial charge on any atom is 0.245 e. The quantitative estimate of drug-likeness (QED) is 0.902. The monoisotopic (exact) mass is 311 g/mol. The summed E-state index contributed by atoms with van der Waals surface area (Å²) in [6, 6.07) is 6.80. The molecule has 2 aliphatic heterocycles. The van der Waals surface area contributed by atoms with Crippen molar-refractivity contribution in [2.24, 2.45) is 0 Å². The molecule has 1 spiro atoms. The lowest BCUT2D eigenvalue weighted by Gasteiger charge is -2.42. The van der Waals surface area contributed by atoms with Crippen LogP contribution in [0.15, 0.2) is 29.2 Å². The number of hydrogen-bond donors (Lipinski definition) is 1. The zero-order valence-electron chi connectivity index (χ0n) is 12.2. The molecule has 6 heteroatoms. The van der Waals surface area contributed by atoms with E-state index >= 15 is 0 Å². The van der Waals surface area contributed by atoms with E-state index < -0.39 is 21.9 Å². The first-order chi connectivity index (χ1) is 9.97. The Labute approximate surface area is 125 Å². The van der Waals surface area contributed by atoms with Gasteiger partial charge in [0.05, 0.1) is 11.0 Å². The second-order valence-corrected chi connectivity index (χ2v) is 7.71. The van der Waals surface area contributed by atoms with E-state index in [1.165, 1.54) is 4.31 Å². The van der Waals surface area contributed by atoms with E-state index in [0.29, 0.717) is 26.0 Å². The van der Waals surface area contributed by atoms with Crippen LogP contribution in [0.4, 0.5) is 0 Å². The van der Waals surface area contributed by atoms with Gasteiger partial charge in [0, 0.05) is 13.2 Å². The fourth-order valence-electron chi connectivity index (χ4n) is 3.24. The fourth-order valence-corrected chi connectivity index (χ4v) is 5.00. The lowest BCUT2D eigenvalue weighted by molar-refractivity contribution is -0.178. The summed E-state index contributed by atoms with van der Waals surface area (Å²) in [5.41, 5.74) is -0.0545. The second kappa shape index (κ2) is 5.35. The summed E-state index contributed by atoms with van der Waals surface area (Å²) in [4.78, 5) is 0.260. The summed E-state index contributed by atoms with van der Waals surface area (Å²) in [6.45, 7) is 2.72. The number of aliphatic hydroxyl groups is 1. The van der Waals surface area contributed by atoms with Crippen molar-refractivity contribution in [2.75, 3.05) is 13.2 Å². The summed E-state index contributed by atoms with van der Waals surface area (Å²) in [6.07, 6.45) is 2.01. The molecule has 116 valence electrons. The predicted octanol–water partition coefficient (Wildman–Crippen LogP) is 1.65. The number of hydrogen-bond acceptors (Lipinski definition) is 4. The van der Waals surface area contributed by atoms with Crippen LogP contribution in [0.2, 0.25) is 0 Å². The highest BCUT2D eigenvalue weighted by Crippen LogP contribution is 2.41. The van der Waals surface area contributed by atoms with Gasteiger partial charge in [-0.05, 0) is 44.7 Å². The molecule has 0 unspecified atom stereocenters. The third-order valence-corrected chi connectivity index (χ3v) is 6.38. The highest BCUT2D eigenvalue weighted by molar-refractivity contribution is 7.89. The van der Waals surface area contributed by atoms with Gasteiger partial charge < -0.3 is 9.84 Å². The number of ether oxygens (including phenoxy) is 1. The van der Waals surface area contributed by atoms with Gasteiger partial charge in [0.25, 0.3) is 0 Å². The molecule has 5 nitrogen and oxygen atoms in total. The van der Waals surface area contributed by atoms with E-state index in [4.69, 9.17) is 4.74 Å². The number of aryl methyl sites for hydroxylation is 1. The van der Waals surface area contributed by atoms with Gasteiger partial charge in [0.15, 0.2) is 5.72 Å². The average molecular weight is 311 g/mol. The first-order valence-corrected chi connectivity index (χ1v) is 8.82. The Bertz CT molecular complexity index is 605. The third-order valence-electron chi connectivity index (χ3n) is 4.44. The zero-order valence-corrected chi connectivity index (χ0v) is 13.0. The molecular formula is C15H21NO4S. The van der Waals surface area contributed by atoms with Crippen molar-refractivity contribution in [2.45, 2.75) is 49.3 Å². The minimum absolute atomic E-state index is 0.260. The van der Waals surface area contributed by atoms with Gasteiger partial charge in [-0.25, -0.2) is 8.42 Å². The number of aliphatic hydroxyl groups excluding tert-OH is 1. The first-order valence-electron chi connectivity index (χ1n) is 7.38. The van der Waals surface area contributed by atoms with Crippen LogP contribution in [-0.2, 0) is 14.8 Å². The lowest BCUT2D eigenvalue weighted by Crippen LogP contribution is -2.56. The Hall–Kier alpha value is -0.950. The van der Waals surface area contributed by atoms with E-state index in [1.807, 2.05) is 6.92 Å².